The molecule has 1 N–H and O–H groups in total. The SMILES string of the molecule is CCC[C@@H](CO)CCCCN(CC)CC. The van der Waals surface area contributed by atoms with Crippen molar-refractivity contribution in [2.24, 2.45) is 5.92 Å². The first kappa shape index (κ1) is 14.9. The van der Waals surface area contributed by atoms with Crippen molar-refractivity contribution in [3.8, 4) is 0 Å². The predicted octanol–water partition coefficient (Wildman–Crippen LogP) is 2.91. The Bertz CT molecular complexity index is 124. The largest absolute Gasteiger partial charge is 0.396 e. The van der Waals surface area contributed by atoms with E-state index in [1.807, 2.05) is 0 Å². The Morgan fingerprint density at radius 1 is 1.00 bits per heavy atom. The second-order valence-electron chi connectivity index (χ2n) is 4.36. The van der Waals surface area contributed by atoms with Crippen molar-refractivity contribution in [3.05, 3.63) is 0 Å². The Balaban J connectivity index is 3.42. The van der Waals surface area contributed by atoms with Gasteiger partial charge in [-0.25, -0.2) is 0 Å². The zero-order valence-electron chi connectivity index (χ0n) is 10.8. The van der Waals surface area contributed by atoms with Gasteiger partial charge in [0.1, 0.15) is 0 Å². The summed E-state index contributed by atoms with van der Waals surface area (Å²) in [6.07, 6.45) is 6.12. The van der Waals surface area contributed by atoms with E-state index in [4.69, 9.17) is 5.11 Å². The molecule has 0 rings (SSSR count). The molecular formula is C13H29NO. The molecule has 0 spiro atoms. The maximum atomic E-state index is 9.15. The number of hydrogen-bond acceptors (Lipinski definition) is 2. The van der Waals surface area contributed by atoms with Crippen LogP contribution in [0.3, 0.4) is 0 Å². The van der Waals surface area contributed by atoms with Crippen molar-refractivity contribution in [2.45, 2.75) is 52.9 Å². The summed E-state index contributed by atoms with van der Waals surface area (Å²) in [6, 6.07) is 0. The van der Waals surface area contributed by atoms with Gasteiger partial charge in [0.25, 0.3) is 0 Å². The molecule has 0 saturated carbocycles. The second kappa shape index (κ2) is 10.4. The minimum atomic E-state index is 0.374. The smallest absolute Gasteiger partial charge is 0.0459 e. The van der Waals surface area contributed by atoms with Crippen LogP contribution in [0.4, 0.5) is 0 Å². The highest BCUT2D eigenvalue weighted by Gasteiger charge is 2.06. The van der Waals surface area contributed by atoms with Crippen LogP contribution in [0.2, 0.25) is 0 Å². The number of aliphatic hydroxyl groups excluding tert-OH is 1. The fourth-order valence-corrected chi connectivity index (χ4v) is 2.04. The Hall–Kier alpha value is -0.0800. The van der Waals surface area contributed by atoms with E-state index in [-0.39, 0.29) is 0 Å². The first-order valence-corrected chi connectivity index (χ1v) is 6.61. The highest BCUT2D eigenvalue weighted by Crippen LogP contribution is 2.14. The molecule has 1 atom stereocenters. The highest BCUT2D eigenvalue weighted by molar-refractivity contribution is 4.59. The van der Waals surface area contributed by atoms with Crippen LogP contribution < -0.4 is 0 Å². The summed E-state index contributed by atoms with van der Waals surface area (Å²) in [5.41, 5.74) is 0. The van der Waals surface area contributed by atoms with E-state index >= 15 is 0 Å². The minimum absolute atomic E-state index is 0.374. The van der Waals surface area contributed by atoms with Crippen molar-refractivity contribution in [1.29, 1.82) is 0 Å². The van der Waals surface area contributed by atoms with E-state index in [1.165, 1.54) is 38.6 Å². The average molecular weight is 215 g/mol. The van der Waals surface area contributed by atoms with Gasteiger partial charge < -0.3 is 10.0 Å². The van der Waals surface area contributed by atoms with Gasteiger partial charge in [-0.1, -0.05) is 33.6 Å². The molecule has 0 aromatic carbocycles. The summed E-state index contributed by atoms with van der Waals surface area (Å²) >= 11 is 0. The Kier molecular flexibility index (Phi) is 10.4. The van der Waals surface area contributed by atoms with Crippen LogP contribution in [-0.4, -0.2) is 36.2 Å². The van der Waals surface area contributed by atoms with Crippen molar-refractivity contribution in [2.75, 3.05) is 26.2 Å². The van der Waals surface area contributed by atoms with Gasteiger partial charge in [-0.3, -0.25) is 0 Å². The summed E-state index contributed by atoms with van der Waals surface area (Å²) in [7, 11) is 0. The molecule has 0 fully saturated rings. The summed E-state index contributed by atoms with van der Waals surface area (Å²) in [4.78, 5) is 2.47. The summed E-state index contributed by atoms with van der Waals surface area (Å²) in [6.45, 7) is 10.5. The van der Waals surface area contributed by atoms with E-state index in [0.29, 0.717) is 12.5 Å². The van der Waals surface area contributed by atoms with Gasteiger partial charge >= 0.3 is 0 Å². The Morgan fingerprint density at radius 2 is 1.67 bits per heavy atom. The van der Waals surface area contributed by atoms with E-state index in [1.54, 1.807) is 0 Å². The molecule has 0 heterocycles. The summed E-state index contributed by atoms with van der Waals surface area (Å²) < 4.78 is 0. The van der Waals surface area contributed by atoms with Gasteiger partial charge in [-0.2, -0.15) is 0 Å². The molecule has 0 saturated heterocycles. The van der Waals surface area contributed by atoms with E-state index in [2.05, 4.69) is 25.7 Å². The van der Waals surface area contributed by atoms with Crippen LogP contribution in [0, 0.1) is 5.92 Å². The molecular weight excluding hydrogens is 186 g/mol. The van der Waals surface area contributed by atoms with Gasteiger partial charge in [0.2, 0.25) is 0 Å². The van der Waals surface area contributed by atoms with Crippen LogP contribution in [-0.2, 0) is 0 Å². The first-order valence-electron chi connectivity index (χ1n) is 6.61. The van der Waals surface area contributed by atoms with E-state index in [0.717, 1.165) is 13.1 Å². The molecule has 15 heavy (non-hydrogen) atoms. The van der Waals surface area contributed by atoms with Crippen molar-refractivity contribution >= 4 is 0 Å². The standard InChI is InChI=1S/C13H29NO/c1-4-9-13(12-15)10-7-8-11-14(5-2)6-3/h13,15H,4-12H2,1-3H3/t13-/m1/s1. The third-order valence-corrected chi connectivity index (χ3v) is 3.19. The zero-order valence-corrected chi connectivity index (χ0v) is 10.8. The molecule has 0 radical (unpaired) electrons. The quantitative estimate of drug-likeness (QED) is 0.566. The van der Waals surface area contributed by atoms with Gasteiger partial charge in [-0.05, 0) is 44.8 Å². The fraction of sp³-hybridized carbons (Fsp3) is 1.00. The van der Waals surface area contributed by atoms with Crippen molar-refractivity contribution in [3.63, 3.8) is 0 Å². The molecule has 0 aliphatic rings. The topological polar surface area (TPSA) is 23.5 Å². The molecule has 0 bridgehead atoms. The average Bonchev–Trinajstić information content (AvgIpc) is 2.28. The van der Waals surface area contributed by atoms with Gasteiger partial charge in [0, 0.05) is 6.61 Å². The highest BCUT2D eigenvalue weighted by atomic mass is 16.3. The number of rotatable bonds is 10. The van der Waals surface area contributed by atoms with Gasteiger partial charge in [-0.15, -0.1) is 0 Å². The minimum Gasteiger partial charge on any atom is -0.396 e. The molecule has 0 aliphatic heterocycles. The lowest BCUT2D eigenvalue weighted by molar-refractivity contribution is 0.203. The van der Waals surface area contributed by atoms with E-state index < -0.39 is 0 Å². The lowest BCUT2D eigenvalue weighted by Crippen LogP contribution is -2.24. The monoisotopic (exact) mass is 215 g/mol. The van der Waals surface area contributed by atoms with Crippen LogP contribution in [0.15, 0.2) is 0 Å². The summed E-state index contributed by atoms with van der Waals surface area (Å²) in [5.74, 6) is 0.548. The maximum Gasteiger partial charge on any atom is 0.0459 e. The lowest BCUT2D eigenvalue weighted by Gasteiger charge is -2.18. The molecule has 0 aromatic heterocycles. The fourth-order valence-electron chi connectivity index (χ4n) is 2.04. The van der Waals surface area contributed by atoms with Gasteiger partial charge in [0.15, 0.2) is 0 Å². The van der Waals surface area contributed by atoms with E-state index in [9.17, 15) is 0 Å². The van der Waals surface area contributed by atoms with Crippen LogP contribution in [0.5, 0.6) is 0 Å². The van der Waals surface area contributed by atoms with Crippen molar-refractivity contribution < 1.29 is 5.11 Å². The summed E-state index contributed by atoms with van der Waals surface area (Å²) in [5, 5.41) is 9.15. The zero-order chi connectivity index (χ0) is 11.5. The molecule has 92 valence electrons. The molecule has 2 heteroatoms. The maximum absolute atomic E-state index is 9.15. The van der Waals surface area contributed by atoms with Gasteiger partial charge in [0.05, 0.1) is 0 Å². The van der Waals surface area contributed by atoms with Crippen LogP contribution >= 0.6 is 0 Å². The molecule has 0 aliphatic carbocycles. The number of aliphatic hydroxyl groups is 1. The number of unbranched alkanes of at least 4 members (excludes halogenated alkanes) is 1. The molecule has 0 unspecified atom stereocenters. The second-order valence-corrected chi connectivity index (χ2v) is 4.36. The normalized spacial score (nSPS) is 13.4. The Labute approximate surface area is 95.7 Å². The molecule has 0 aromatic rings. The number of hydrogen-bond donors (Lipinski definition) is 1. The Morgan fingerprint density at radius 3 is 2.13 bits per heavy atom. The third-order valence-electron chi connectivity index (χ3n) is 3.19. The lowest BCUT2D eigenvalue weighted by atomic mass is 9.98. The molecule has 0 amide bonds. The number of nitrogens with zero attached hydrogens (tertiary/aromatic N) is 1. The van der Waals surface area contributed by atoms with Crippen LogP contribution in [0.1, 0.15) is 52.9 Å². The molecule has 2 nitrogen and oxygen atoms in total. The predicted molar refractivity (Wildman–Crippen MR) is 67.1 cm³/mol. The van der Waals surface area contributed by atoms with Crippen molar-refractivity contribution in [1.82, 2.24) is 4.90 Å². The third kappa shape index (κ3) is 7.80. The first-order chi connectivity index (χ1) is 7.28. The van der Waals surface area contributed by atoms with Crippen LogP contribution in [0.25, 0.3) is 0 Å².